The average molecular weight is 285 g/mol. The molecule has 0 aliphatic heterocycles. The average Bonchev–Trinajstić information content (AvgIpc) is 2.66. The van der Waals surface area contributed by atoms with Gasteiger partial charge >= 0.3 is 0 Å². The Hall–Kier alpha value is -1.20. The van der Waals surface area contributed by atoms with Crippen LogP contribution in [0.15, 0.2) is 33.3 Å². The monoisotopic (exact) mass is 284 g/mol. The molecule has 1 atom stereocenters. The topological polar surface area (TPSA) is 52.0 Å². The van der Waals surface area contributed by atoms with Crippen LogP contribution in [0.5, 0.6) is 0 Å². The maximum Gasteiger partial charge on any atom is 0.211 e. The molecule has 0 radical (unpaired) electrons. The van der Waals surface area contributed by atoms with Gasteiger partial charge in [0.2, 0.25) is 5.89 Å². The lowest BCUT2D eigenvalue weighted by Crippen LogP contribution is -2.04. The number of nitrogens with two attached hydrogens (primary N) is 1. The highest BCUT2D eigenvalue weighted by Gasteiger charge is 2.13. The molecule has 0 fully saturated rings. The maximum atomic E-state index is 13.6. The van der Waals surface area contributed by atoms with Gasteiger partial charge in [-0.15, -0.1) is 0 Å². The van der Waals surface area contributed by atoms with Gasteiger partial charge in [0.05, 0.1) is 17.8 Å². The van der Waals surface area contributed by atoms with Crippen LogP contribution in [0.25, 0.3) is 11.3 Å². The molecule has 0 saturated heterocycles. The quantitative estimate of drug-likeness (QED) is 0.921. The molecule has 0 amide bonds. The summed E-state index contributed by atoms with van der Waals surface area (Å²) in [7, 11) is 0. The van der Waals surface area contributed by atoms with Crippen LogP contribution in [0.4, 0.5) is 4.39 Å². The van der Waals surface area contributed by atoms with Crippen molar-refractivity contribution in [1.82, 2.24) is 4.98 Å². The second-order valence-electron chi connectivity index (χ2n) is 3.48. The molecule has 0 spiro atoms. The molecule has 3 nitrogen and oxygen atoms in total. The van der Waals surface area contributed by atoms with Crippen molar-refractivity contribution in [1.29, 1.82) is 0 Å². The van der Waals surface area contributed by atoms with Gasteiger partial charge in [-0.25, -0.2) is 9.37 Å². The molecule has 1 unspecified atom stereocenters. The van der Waals surface area contributed by atoms with E-state index in [9.17, 15) is 4.39 Å². The molecule has 2 aromatic rings. The summed E-state index contributed by atoms with van der Waals surface area (Å²) in [5.74, 6) is 0.427. The number of oxazole rings is 1. The summed E-state index contributed by atoms with van der Waals surface area (Å²) < 4.78 is 19.6. The number of rotatable bonds is 2. The molecule has 2 rings (SSSR count). The fourth-order valence-corrected chi connectivity index (χ4v) is 1.65. The van der Waals surface area contributed by atoms with E-state index < -0.39 is 0 Å². The highest BCUT2D eigenvalue weighted by molar-refractivity contribution is 9.10. The minimum absolute atomic E-state index is 0.299. The highest BCUT2D eigenvalue weighted by atomic mass is 79.9. The fourth-order valence-electron chi connectivity index (χ4n) is 1.31. The molecule has 1 heterocycles. The molecular weight excluding hydrogens is 275 g/mol. The van der Waals surface area contributed by atoms with E-state index in [-0.39, 0.29) is 11.9 Å². The molecule has 1 aromatic carbocycles. The van der Waals surface area contributed by atoms with E-state index >= 15 is 0 Å². The van der Waals surface area contributed by atoms with Crippen LogP contribution in [-0.2, 0) is 0 Å². The molecule has 0 aliphatic carbocycles. The summed E-state index contributed by atoms with van der Waals surface area (Å²) >= 11 is 3.19. The first kappa shape index (κ1) is 11.3. The van der Waals surface area contributed by atoms with Gasteiger partial charge in [-0.05, 0) is 25.1 Å². The van der Waals surface area contributed by atoms with E-state index in [4.69, 9.17) is 10.2 Å². The molecule has 5 heteroatoms. The Morgan fingerprint density at radius 2 is 2.25 bits per heavy atom. The van der Waals surface area contributed by atoms with E-state index in [1.807, 2.05) is 0 Å². The molecule has 0 saturated carbocycles. The number of nitrogens with zero attached hydrogens (tertiary/aromatic N) is 1. The second kappa shape index (κ2) is 4.35. The molecule has 1 aromatic heterocycles. The Kier molecular flexibility index (Phi) is 3.07. The predicted molar refractivity (Wildman–Crippen MR) is 62.2 cm³/mol. The summed E-state index contributed by atoms with van der Waals surface area (Å²) in [5, 5.41) is 0. The van der Waals surface area contributed by atoms with Gasteiger partial charge in [-0.3, -0.25) is 0 Å². The van der Waals surface area contributed by atoms with Gasteiger partial charge in [-0.1, -0.05) is 15.9 Å². The largest absolute Gasteiger partial charge is 0.439 e. The minimum atomic E-state index is -0.359. The summed E-state index contributed by atoms with van der Waals surface area (Å²) in [5.41, 5.74) is 5.99. The van der Waals surface area contributed by atoms with Crippen LogP contribution in [0.2, 0.25) is 0 Å². The number of hydrogen-bond donors (Lipinski definition) is 1. The zero-order valence-electron chi connectivity index (χ0n) is 8.58. The lowest BCUT2D eigenvalue weighted by Gasteiger charge is -2.00. The van der Waals surface area contributed by atoms with Crippen molar-refractivity contribution in [3.05, 3.63) is 40.6 Å². The predicted octanol–water partition coefficient (Wildman–Crippen LogP) is 3.26. The van der Waals surface area contributed by atoms with Crippen LogP contribution in [-0.4, -0.2) is 4.98 Å². The molecule has 16 heavy (non-hydrogen) atoms. The van der Waals surface area contributed by atoms with Crippen LogP contribution in [0.1, 0.15) is 18.9 Å². The first-order valence-corrected chi connectivity index (χ1v) is 5.54. The maximum absolute atomic E-state index is 13.6. The summed E-state index contributed by atoms with van der Waals surface area (Å²) in [6, 6.07) is 4.45. The standard InChI is InChI=1S/C11H10BrFN2O/c1-6(14)11-15-5-10(16-11)8-3-2-7(12)4-9(8)13/h2-6H,14H2,1H3. The molecule has 0 aliphatic rings. The molecule has 2 N–H and O–H groups in total. The van der Waals surface area contributed by atoms with Crippen molar-refractivity contribution in [2.75, 3.05) is 0 Å². The van der Waals surface area contributed by atoms with Crippen LogP contribution < -0.4 is 5.73 Å². The van der Waals surface area contributed by atoms with Gasteiger partial charge in [0.15, 0.2) is 5.76 Å². The zero-order valence-corrected chi connectivity index (χ0v) is 10.2. The Bertz CT molecular complexity index is 510. The summed E-state index contributed by atoms with van der Waals surface area (Å²) in [6.07, 6.45) is 1.48. The lowest BCUT2D eigenvalue weighted by atomic mass is 10.2. The normalized spacial score (nSPS) is 12.8. The molecule has 0 bridgehead atoms. The van der Waals surface area contributed by atoms with Crippen molar-refractivity contribution < 1.29 is 8.81 Å². The van der Waals surface area contributed by atoms with E-state index in [0.717, 1.165) is 0 Å². The van der Waals surface area contributed by atoms with Gasteiger partial charge in [0.1, 0.15) is 5.82 Å². The SMILES string of the molecule is CC(N)c1ncc(-c2ccc(Br)cc2F)o1. The van der Waals surface area contributed by atoms with E-state index in [1.165, 1.54) is 12.3 Å². The van der Waals surface area contributed by atoms with Gasteiger partial charge in [0.25, 0.3) is 0 Å². The van der Waals surface area contributed by atoms with Gasteiger partial charge < -0.3 is 10.2 Å². The number of benzene rings is 1. The van der Waals surface area contributed by atoms with Crippen LogP contribution in [0.3, 0.4) is 0 Å². The highest BCUT2D eigenvalue weighted by Crippen LogP contribution is 2.27. The smallest absolute Gasteiger partial charge is 0.211 e. The number of hydrogen-bond acceptors (Lipinski definition) is 3. The van der Waals surface area contributed by atoms with Crippen LogP contribution in [0, 0.1) is 5.82 Å². The van der Waals surface area contributed by atoms with Crippen molar-refractivity contribution in [2.45, 2.75) is 13.0 Å². The number of halogens is 2. The van der Waals surface area contributed by atoms with Crippen molar-refractivity contribution >= 4 is 15.9 Å². The van der Waals surface area contributed by atoms with Gasteiger partial charge in [0, 0.05) is 4.47 Å². The summed E-state index contributed by atoms with van der Waals surface area (Å²) in [6.45, 7) is 1.76. The van der Waals surface area contributed by atoms with E-state index in [0.29, 0.717) is 21.7 Å². The van der Waals surface area contributed by atoms with Crippen molar-refractivity contribution in [3.8, 4) is 11.3 Å². The molecular formula is C11H10BrFN2O. The summed E-state index contributed by atoms with van der Waals surface area (Å²) in [4.78, 5) is 3.99. The Balaban J connectivity index is 2.42. The van der Waals surface area contributed by atoms with E-state index in [1.54, 1.807) is 19.1 Å². The Morgan fingerprint density at radius 1 is 1.50 bits per heavy atom. The Labute approximate surface area is 101 Å². The van der Waals surface area contributed by atoms with Crippen LogP contribution >= 0.6 is 15.9 Å². The first-order chi connectivity index (χ1) is 7.58. The third-order valence-electron chi connectivity index (χ3n) is 2.11. The third kappa shape index (κ3) is 2.15. The number of aromatic nitrogens is 1. The molecule has 84 valence electrons. The zero-order chi connectivity index (χ0) is 11.7. The Morgan fingerprint density at radius 3 is 2.81 bits per heavy atom. The fraction of sp³-hybridized carbons (Fsp3) is 0.182. The van der Waals surface area contributed by atoms with Crippen molar-refractivity contribution in [3.63, 3.8) is 0 Å². The van der Waals surface area contributed by atoms with Gasteiger partial charge in [-0.2, -0.15) is 0 Å². The van der Waals surface area contributed by atoms with Crippen molar-refractivity contribution in [2.24, 2.45) is 5.73 Å². The first-order valence-electron chi connectivity index (χ1n) is 4.74. The third-order valence-corrected chi connectivity index (χ3v) is 2.60. The minimum Gasteiger partial charge on any atom is -0.439 e. The lowest BCUT2D eigenvalue weighted by molar-refractivity contribution is 0.471. The second-order valence-corrected chi connectivity index (χ2v) is 4.39. The van der Waals surface area contributed by atoms with E-state index in [2.05, 4.69) is 20.9 Å².